The molecule has 0 saturated carbocycles. The van der Waals surface area contributed by atoms with Crippen LogP contribution in [0.4, 0.5) is 11.4 Å². The van der Waals surface area contributed by atoms with Crippen molar-refractivity contribution >= 4 is 38.6 Å². The third-order valence-electron chi connectivity index (χ3n) is 2.87. The topological polar surface area (TPSA) is 87.0 Å². The molecule has 0 fully saturated rings. The van der Waals surface area contributed by atoms with E-state index >= 15 is 0 Å². The molecule has 0 saturated heterocycles. The first-order valence-corrected chi connectivity index (χ1v) is 7.52. The summed E-state index contributed by atoms with van der Waals surface area (Å²) in [5, 5.41) is 15.5. The van der Waals surface area contributed by atoms with Gasteiger partial charge in [-0.15, -0.1) is 11.3 Å². The number of anilines is 1. The Hall–Kier alpha value is -2.19. The average Bonchev–Trinajstić information content (AvgIpc) is 3.04. The summed E-state index contributed by atoms with van der Waals surface area (Å²) in [6, 6.07) is 10.2. The van der Waals surface area contributed by atoms with Crippen molar-refractivity contribution in [1.29, 1.82) is 0 Å². The Kier molecular flexibility index (Phi) is 3.48. The lowest BCUT2D eigenvalue weighted by Gasteiger charge is -2.01. The summed E-state index contributed by atoms with van der Waals surface area (Å²) < 4.78 is 2.41. The standard InChI is InChI=1S/C13H9BrN4O2S/c14-12-6-5-11(21-12)13-8(15)7-17(16-13)9-3-1-2-4-10(9)18(19)20/h1-7H,15H2. The van der Waals surface area contributed by atoms with E-state index in [-0.39, 0.29) is 5.69 Å². The Balaban J connectivity index is 2.12. The van der Waals surface area contributed by atoms with E-state index in [1.807, 2.05) is 12.1 Å². The first kappa shape index (κ1) is 13.8. The minimum absolute atomic E-state index is 0.0149. The molecule has 2 heterocycles. The van der Waals surface area contributed by atoms with Crippen LogP contribution >= 0.6 is 27.3 Å². The molecule has 0 atom stereocenters. The highest BCUT2D eigenvalue weighted by molar-refractivity contribution is 9.11. The summed E-state index contributed by atoms with van der Waals surface area (Å²) in [6.45, 7) is 0. The van der Waals surface area contributed by atoms with Crippen LogP contribution in [0.5, 0.6) is 0 Å². The molecule has 2 N–H and O–H groups in total. The van der Waals surface area contributed by atoms with Gasteiger partial charge in [0.1, 0.15) is 11.4 Å². The molecular formula is C13H9BrN4O2S. The molecule has 3 aromatic rings. The fourth-order valence-corrected chi connectivity index (χ4v) is 3.35. The van der Waals surface area contributed by atoms with Crippen molar-refractivity contribution in [3.05, 3.63) is 56.5 Å². The zero-order valence-corrected chi connectivity index (χ0v) is 13.0. The summed E-state index contributed by atoms with van der Waals surface area (Å²) in [5.74, 6) is 0. The Morgan fingerprint density at radius 3 is 2.71 bits per heavy atom. The van der Waals surface area contributed by atoms with Gasteiger partial charge in [-0.1, -0.05) is 12.1 Å². The number of hydrogen-bond acceptors (Lipinski definition) is 5. The lowest BCUT2D eigenvalue weighted by atomic mass is 10.3. The molecule has 0 spiro atoms. The minimum Gasteiger partial charge on any atom is -0.396 e. The third-order valence-corrected chi connectivity index (χ3v) is 4.50. The molecule has 0 aliphatic rings. The van der Waals surface area contributed by atoms with Crippen LogP contribution in [0.1, 0.15) is 0 Å². The first-order chi connectivity index (χ1) is 10.1. The quantitative estimate of drug-likeness (QED) is 0.564. The van der Waals surface area contributed by atoms with Gasteiger partial charge in [0.05, 0.1) is 25.5 Å². The first-order valence-electron chi connectivity index (χ1n) is 5.91. The number of benzene rings is 1. The zero-order chi connectivity index (χ0) is 15.0. The number of aromatic nitrogens is 2. The summed E-state index contributed by atoms with van der Waals surface area (Å²) in [5.41, 5.74) is 7.44. The predicted octanol–water partition coefficient (Wildman–Crippen LogP) is 3.85. The van der Waals surface area contributed by atoms with Gasteiger partial charge in [-0.05, 0) is 34.1 Å². The smallest absolute Gasteiger partial charge is 0.294 e. The van der Waals surface area contributed by atoms with Gasteiger partial charge in [-0.3, -0.25) is 10.1 Å². The normalized spacial score (nSPS) is 10.7. The van der Waals surface area contributed by atoms with Crippen molar-refractivity contribution in [2.45, 2.75) is 0 Å². The van der Waals surface area contributed by atoms with Crippen LogP contribution in [0.15, 0.2) is 46.4 Å². The van der Waals surface area contributed by atoms with E-state index in [4.69, 9.17) is 5.73 Å². The molecule has 6 nitrogen and oxygen atoms in total. The van der Waals surface area contributed by atoms with Crippen LogP contribution in [0.3, 0.4) is 0 Å². The second-order valence-corrected chi connectivity index (χ2v) is 6.69. The largest absolute Gasteiger partial charge is 0.396 e. The maximum atomic E-state index is 11.1. The van der Waals surface area contributed by atoms with Crippen LogP contribution < -0.4 is 5.73 Å². The number of hydrogen-bond donors (Lipinski definition) is 1. The second kappa shape index (κ2) is 5.30. The number of nitrogens with two attached hydrogens (primary N) is 1. The van der Waals surface area contributed by atoms with Gasteiger partial charge in [-0.25, -0.2) is 4.68 Å². The van der Waals surface area contributed by atoms with E-state index < -0.39 is 4.92 Å². The fourth-order valence-electron chi connectivity index (χ4n) is 1.96. The van der Waals surface area contributed by atoms with Crippen LogP contribution in [-0.4, -0.2) is 14.7 Å². The number of nitrogen functional groups attached to an aromatic ring is 1. The Labute approximate surface area is 132 Å². The number of halogens is 1. The molecular weight excluding hydrogens is 356 g/mol. The molecule has 3 rings (SSSR count). The van der Waals surface area contributed by atoms with Crippen molar-refractivity contribution in [2.24, 2.45) is 0 Å². The number of para-hydroxylation sites is 2. The van der Waals surface area contributed by atoms with Crippen molar-refractivity contribution in [1.82, 2.24) is 9.78 Å². The van der Waals surface area contributed by atoms with E-state index in [2.05, 4.69) is 21.0 Å². The number of nitro benzene ring substituents is 1. The fraction of sp³-hybridized carbons (Fsp3) is 0. The van der Waals surface area contributed by atoms with Gasteiger partial charge in [0.15, 0.2) is 0 Å². The molecule has 2 aromatic heterocycles. The van der Waals surface area contributed by atoms with Gasteiger partial charge in [-0.2, -0.15) is 5.10 Å². The van der Waals surface area contributed by atoms with Crippen molar-refractivity contribution in [3.8, 4) is 16.3 Å². The molecule has 106 valence electrons. The Bertz CT molecular complexity index is 827. The SMILES string of the molecule is Nc1cn(-c2ccccc2[N+](=O)[O-])nc1-c1ccc(Br)s1. The number of nitrogens with zero attached hydrogens (tertiary/aromatic N) is 3. The van der Waals surface area contributed by atoms with Crippen molar-refractivity contribution in [3.63, 3.8) is 0 Å². The van der Waals surface area contributed by atoms with Gasteiger partial charge >= 0.3 is 0 Å². The van der Waals surface area contributed by atoms with Crippen LogP contribution in [0.2, 0.25) is 0 Å². The molecule has 0 bridgehead atoms. The predicted molar refractivity (Wildman–Crippen MR) is 85.6 cm³/mol. The monoisotopic (exact) mass is 364 g/mol. The molecule has 21 heavy (non-hydrogen) atoms. The lowest BCUT2D eigenvalue weighted by molar-refractivity contribution is -0.384. The van der Waals surface area contributed by atoms with Crippen molar-refractivity contribution < 1.29 is 4.92 Å². The summed E-state index contributed by atoms with van der Waals surface area (Å²) in [7, 11) is 0. The highest BCUT2D eigenvalue weighted by atomic mass is 79.9. The highest BCUT2D eigenvalue weighted by Crippen LogP contribution is 2.34. The number of nitro groups is 1. The van der Waals surface area contributed by atoms with E-state index in [1.165, 1.54) is 22.1 Å². The van der Waals surface area contributed by atoms with Gasteiger partial charge in [0, 0.05) is 6.07 Å². The van der Waals surface area contributed by atoms with E-state index in [0.717, 1.165) is 8.66 Å². The van der Waals surface area contributed by atoms with Crippen LogP contribution in [0.25, 0.3) is 16.3 Å². The van der Waals surface area contributed by atoms with Crippen LogP contribution in [0, 0.1) is 10.1 Å². The molecule has 8 heteroatoms. The maximum Gasteiger partial charge on any atom is 0.294 e. The van der Waals surface area contributed by atoms with Gasteiger partial charge in [0.2, 0.25) is 0 Å². The summed E-state index contributed by atoms with van der Waals surface area (Å²) in [4.78, 5) is 11.6. The minimum atomic E-state index is -0.436. The van der Waals surface area contributed by atoms with Crippen LogP contribution in [-0.2, 0) is 0 Å². The second-order valence-electron chi connectivity index (χ2n) is 4.23. The molecule has 0 aliphatic carbocycles. The van der Waals surface area contributed by atoms with E-state index in [9.17, 15) is 10.1 Å². The van der Waals surface area contributed by atoms with Crippen molar-refractivity contribution in [2.75, 3.05) is 5.73 Å². The van der Waals surface area contributed by atoms with E-state index in [0.29, 0.717) is 17.1 Å². The third kappa shape index (κ3) is 2.55. The van der Waals surface area contributed by atoms with Gasteiger partial charge < -0.3 is 5.73 Å². The Morgan fingerprint density at radius 1 is 1.29 bits per heavy atom. The number of thiophene rings is 1. The molecule has 0 amide bonds. The molecule has 0 radical (unpaired) electrons. The zero-order valence-electron chi connectivity index (χ0n) is 10.6. The Morgan fingerprint density at radius 2 is 2.05 bits per heavy atom. The molecule has 0 unspecified atom stereocenters. The summed E-state index contributed by atoms with van der Waals surface area (Å²) in [6.07, 6.45) is 1.59. The van der Waals surface area contributed by atoms with Gasteiger partial charge in [0.25, 0.3) is 5.69 Å². The average molecular weight is 365 g/mol. The molecule has 0 aliphatic heterocycles. The maximum absolute atomic E-state index is 11.1. The summed E-state index contributed by atoms with van der Waals surface area (Å²) >= 11 is 4.89. The lowest BCUT2D eigenvalue weighted by Crippen LogP contribution is -2.00. The molecule has 1 aromatic carbocycles. The number of rotatable bonds is 3. The highest BCUT2D eigenvalue weighted by Gasteiger charge is 2.18. The van der Waals surface area contributed by atoms with E-state index in [1.54, 1.807) is 24.4 Å².